The predicted octanol–water partition coefficient (Wildman–Crippen LogP) is 1.30. The van der Waals surface area contributed by atoms with Crippen molar-refractivity contribution >= 4 is 17.5 Å². The van der Waals surface area contributed by atoms with Gasteiger partial charge < -0.3 is 16.4 Å². The quantitative estimate of drug-likeness (QED) is 0.573. The molecule has 1 aromatic rings. The van der Waals surface area contributed by atoms with Crippen LogP contribution in [0.15, 0.2) is 29.3 Å². The molecular weight excluding hydrogens is 257 g/mol. The van der Waals surface area contributed by atoms with Crippen LogP contribution in [-0.2, 0) is 6.42 Å². The van der Waals surface area contributed by atoms with Crippen LogP contribution in [0.1, 0.15) is 17.5 Å². The number of benzene rings is 1. The first kappa shape index (κ1) is 14.0. The first-order chi connectivity index (χ1) is 9.47. The zero-order chi connectivity index (χ0) is 14.7. The summed E-state index contributed by atoms with van der Waals surface area (Å²) in [4.78, 5) is 5.36. The first-order valence-electron chi connectivity index (χ1n) is 6.34. The second-order valence-electron chi connectivity index (χ2n) is 4.77. The molecule has 2 rings (SSSR count). The number of nitrogens with zero attached hydrogens (tertiary/aromatic N) is 2. The van der Waals surface area contributed by atoms with Gasteiger partial charge in [0.25, 0.3) is 0 Å². The fraction of sp³-hybridized carbons (Fsp3) is 0.286. The van der Waals surface area contributed by atoms with Crippen molar-refractivity contribution in [3.8, 4) is 0 Å². The predicted molar refractivity (Wildman–Crippen MR) is 78.9 cm³/mol. The third-order valence-corrected chi connectivity index (χ3v) is 3.29. The molecular formula is C14H18FN5. The standard InChI is InChI=1S/C14H18FN5/c1-20(14(18)19-13(16)17)7-6-9-2-3-10-8-11(15)4-5-12(9)10/h2,4-5,8H,3,6-7H2,1H3,(H5,16,17,18,19). The van der Waals surface area contributed by atoms with Crippen molar-refractivity contribution in [2.24, 2.45) is 16.5 Å². The van der Waals surface area contributed by atoms with Crippen molar-refractivity contribution in [3.63, 3.8) is 0 Å². The summed E-state index contributed by atoms with van der Waals surface area (Å²) < 4.78 is 13.1. The Balaban J connectivity index is 1.97. The molecule has 1 aliphatic rings. The highest BCUT2D eigenvalue weighted by Crippen LogP contribution is 2.30. The largest absolute Gasteiger partial charge is 0.370 e. The SMILES string of the molecule is CN(CCC1=CCc2cc(F)ccc21)C(=N)N=C(N)N. The highest BCUT2D eigenvalue weighted by Gasteiger charge is 2.15. The summed E-state index contributed by atoms with van der Waals surface area (Å²) in [7, 11) is 1.76. The maximum Gasteiger partial charge on any atom is 0.220 e. The van der Waals surface area contributed by atoms with E-state index < -0.39 is 0 Å². The van der Waals surface area contributed by atoms with Gasteiger partial charge in [0.05, 0.1) is 0 Å². The van der Waals surface area contributed by atoms with Crippen LogP contribution in [0.4, 0.5) is 4.39 Å². The lowest BCUT2D eigenvalue weighted by Crippen LogP contribution is -2.31. The second kappa shape index (κ2) is 5.73. The molecule has 0 spiro atoms. The summed E-state index contributed by atoms with van der Waals surface area (Å²) in [5, 5.41) is 7.68. The van der Waals surface area contributed by atoms with Gasteiger partial charge in [0.15, 0.2) is 5.96 Å². The number of allylic oxidation sites excluding steroid dienone is 1. The Morgan fingerprint density at radius 1 is 1.45 bits per heavy atom. The van der Waals surface area contributed by atoms with E-state index in [-0.39, 0.29) is 17.7 Å². The molecule has 0 unspecified atom stereocenters. The molecule has 106 valence electrons. The van der Waals surface area contributed by atoms with Crippen LogP contribution in [0.25, 0.3) is 5.57 Å². The Morgan fingerprint density at radius 2 is 2.20 bits per heavy atom. The Labute approximate surface area is 117 Å². The lowest BCUT2D eigenvalue weighted by atomic mass is 10.0. The van der Waals surface area contributed by atoms with E-state index in [0.717, 1.165) is 24.0 Å². The van der Waals surface area contributed by atoms with Gasteiger partial charge in [0.2, 0.25) is 5.96 Å². The molecule has 0 fully saturated rings. The fourth-order valence-corrected chi connectivity index (χ4v) is 2.23. The summed E-state index contributed by atoms with van der Waals surface area (Å²) in [5.74, 6) is -0.296. The van der Waals surface area contributed by atoms with Crippen LogP contribution < -0.4 is 11.5 Å². The molecule has 0 saturated carbocycles. The van der Waals surface area contributed by atoms with E-state index in [4.69, 9.17) is 16.9 Å². The number of fused-ring (bicyclic) bond motifs is 1. The Kier molecular flexibility index (Phi) is 4.02. The molecule has 0 atom stereocenters. The van der Waals surface area contributed by atoms with Crippen LogP contribution in [-0.4, -0.2) is 30.4 Å². The van der Waals surface area contributed by atoms with Crippen LogP contribution in [0.2, 0.25) is 0 Å². The zero-order valence-electron chi connectivity index (χ0n) is 11.4. The number of hydrogen-bond acceptors (Lipinski definition) is 1. The Morgan fingerprint density at radius 3 is 2.90 bits per heavy atom. The normalized spacial score (nSPS) is 12.6. The number of nitrogens with two attached hydrogens (primary N) is 2. The average Bonchev–Trinajstić information content (AvgIpc) is 2.77. The van der Waals surface area contributed by atoms with Crippen LogP contribution >= 0.6 is 0 Å². The highest BCUT2D eigenvalue weighted by atomic mass is 19.1. The molecule has 0 radical (unpaired) electrons. The number of hydrogen-bond donors (Lipinski definition) is 3. The molecule has 0 saturated heterocycles. The summed E-state index contributed by atoms with van der Waals surface area (Å²) in [6, 6.07) is 4.86. The van der Waals surface area contributed by atoms with Crippen molar-refractivity contribution in [1.82, 2.24) is 4.90 Å². The van der Waals surface area contributed by atoms with E-state index >= 15 is 0 Å². The van der Waals surface area contributed by atoms with E-state index in [1.165, 1.54) is 11.6 Å². The Bertz CT molecular complexity index is 587. The van der Waals surface area contributed by atoms with Gasteiger partial charge in [-0.15, -0.1) is 0 Å². The lowest BCUT2D eigenvalue weighted by Gasteiger charge is -2.17. The highest BCUT2D eigenvalue weighted by molar-refractivity contribution is 5.91. The second-order valence-corrected chi connectivity index (χ2v) is 4.77. The maximum atomic E-state index is 13.1. The molecule has 1 aliphatic carbocycles. The average molecular weight is 275 g/mol. The summed E-state index contributed by atoms with van der Waals surface area (Å²) in [6.45, 7) is 0.623. The molecule has 0 amide bonds. The number of guanidine groups is 2. The summed E-state index contributed by atoms with van der Waals surface area (Å²) in [6.07, 6.45) is 3.62. The lowest BCUT2D eigenvalue weighted by molar-refractivity contribution is 0.507. The molecule has 5 N–H and O–H groups in total. The minimum Gasteiger partial charge on any atom is -0.370 e. The van der Waals surface area contributed by atoms with Crippen molar-refractivity contribution in [3.05, 3.63) is 41.2 Å². The molecule has 0 heterocycles. The van der Waals surface area contributed by atoms with Crippen molar-refractivity contribution in [1.29, 1.82) is 5.41 Å². The maximum absolute atomic E-state index is 13.1. The van der Waals surface area contributed by atoms with E-state index in [0.29, 0.717) is 6.54 Å². The number of rotatable bonds is 3. The van der Waals surface area contributed by atoms with Crippen LogP contribution in [0.5, 0.6) is 0 Å². The molecule has 0 aliphatic heterocycles. The van der Waals surface area contributed by atoms with Gasteiger partial charge in [0.1, 0.15) is 5.82 Å². The van der Waals surface area contributed by atoms with Crippen LogP contribution in [0.3, 0.4) is 0 Å². The smallest absolute Gasteiger partial charge is 0.220 e. The van der Waals surface area contributed by atoms with Crippen molar-refractivity contribution in [2.75, 3.05) is 13.6 Å². The molecule has 1 aromatic carbocycles. The van der Waals surface area contributed by atoms with E-state index in [1.54, 1.807) is 18.0 Å². The number of aliphatic imine (C=N–C) groups is 1. The molecule has 20 heavy (non-hydrogen) atoms. The third kappa shape index (κ3) is 3.14. The van der Waals surface area contributed by atoms with E-state index in [9.17, 15) is 4.39 Å². The molecule has 0 bridgehead atoms. The zero-order valence-corrected chi connectivity index (χ0v) is 11.4. The van der Waals surface area contributed by atoms with Gasteiger partial charge in [-0.25, -0.2) is 4.39 Å². The minimum atomic E-state index is -0.204. The van der Waals surface area contributed by atoms with Gasteiger partial charge in [-0.2, -0.15) is 4.99 Å². The Hall–Kier alpha value is -2.37. The van der Waals surface area contributed by atoms with Gasteiger partial charge >= 0.3 is 0 Å². The number of halogens is 1. The van der Waals surface area contributed by atoms with E-state index in [2.05, 4.69) is 11.1 Å². The van der Waals surface area contributed by atoms with Crippen molar-refractivity contribution < 1.29 is 4.39 Å². The van der Waals surface area contributed by atoms with Crippen LogP contribution in [0, 0.1) is 11.2 Å². The minimum absolute atomic E-state index is 0.0305. The summed E-state index contributed by atoms with van der Waals surface area (Å²) >= 11 is 0. The first-order valence-corrected chi connectivity index (χ1v) is 6.34. The topological polar surface area (TPSA) is 91.5 Å². The number of nitrogens with one attached hydrogen (secondary N) is 1. The van der Waals surface area contributed by atoms with Gasteiger partial charge in [-0.05, 0) is 41.7 Å². The van der Waals surface area contributed by atoms with Crippen molar-refractivity contribution in [2.45, 2.75) is 12.8 Å². The van der Waals surface area contributed by atoms with E-state index in [1.807, 2.05) is 6.07 Å². The van der Waals surface area contributed by atoms with Gasteiger partial charge in [-0.1, -0.05) is 12.1 Å². The molecule has 0 aromatic heterocycles. The summed E-state index contributed by atoms with van der Waals surface area (Å²) in [5.41, 5.74) is 13.8. The third-order valence-electron chi connectivity index (χ3n) is 3.29. The molecule has 5 nitrogen and oxygen atoms in total. The van der Waals surface area contributed by atoms with Gasteiger partial charge in [0, 0.05) is 13.6 Å². The monoisotopic (exact) mass is 275 g/mol. The van der Waals surface area contributed by atoms with Gasteiger partial charge in [-0.3, -0.25) is 5.41 Å². The molecule has 6 heteroatoms. The fourth-order valence-electron chi connectivity index (χ4n) is 2.23.